The van der Waals surface area contributed by atoms with E-state index in [9.17, 15) is 0 Å². The van der Waals surface area contributed by atoms with Crippen LogP contribution in [0, 0.1) is 0 Å². The van der Waals surface area contributed by atoms with Crippen LogP contribution in [-0.4, -0.2) is 23.0 Å². The first-order chi connectivity index (χ1) is 7.83. The second-order valence-corrected chi connectivity index (χ2v) is 5.73. The second kappa shape index (κ2) is 20.6. The van der Waals surface area contributed by atoms with Gasteiger partial charge in [-0.05, 0) is 24.3 Å². The van der Waals surface area contributed by atoms with Gasteiger partial charge in [0.15, 0.2) is 0 Å². The highest BCUT2D eigenvalue weighted by molar-refractivity contribution is 7.99. The fraction of sp³-hybridized carbons (Fsp3) is 0.714. The molecule has 96 valence electrons. The summed E-state index contributed by atoms with van der Waals surface area (Å²) >= 11 is 3.92. The van der Waals surface area contributed by atoms with Crippen LogP contribution >= 0.6 is 23.5 Å². The predicted octanol–water partition coefficient (Wildman–Crippen LogP) is 5.41. The third-order valence-corrected chi connectivity index (χ3v) is 3.85. The van der Waals surface area contributed by atoms with Gasteiger partial charge in [0.2, 0.25) is 0 Å². The van der Waals surface area contributed by atoms with Crippen molar-refractivity contribution in [2.75, 3.05) is 23.0 Å². The molecule has 2 heteroatoms. The van der Waals surface area contributed by atoms with Crippen LogP contribution in [0.4, 0.5) is 0 Å². The summed E-state index contributed by atoms with van der Waals surface area (Å²) < 4.78 is 0. The molecule has 0 N–H and O–H groups in total. The standard InChI is InChI=1S/C8H18S.C6H10S/c1-3-5-7-9-8-6-4-2;1-3-5-7-6-4-2/h3-8H2,1-2H3;3-4H,1-2,5-6H2. The maximum Gasteiger partial charge on any atom is 0.0113 e. The van der Waals surface area contributed by atoms with Crippen molar-refractivity contribution in [1.82, 2.24) is 0 Å². The molecule has 0 aromatic heterocycles. The van der Waals surface area contributed by atoms with Gasteiger partial charge in [0, 0.05) is 11.5 Å². The summed E-state index contributed by atoms with van der Waals surface area (Å²) in [6.07, 6.45) is 9.28. The van der Waals surface area contributed by atoms with Crippen LogP contribution in [0.3, 0.4) is 0 Å². The molecule has 0 rings (SSSR count). The summed E-state index contributed by atoms with van der Waals surface area (Å²) in [5, 5.41) is 0. The number of thioether (sulfide) groups is 2. The Labute approximate surface area is 111 Å². The van der Waals surface area contributed by atoms with Crippen molar-refractivity contribution in [2.45, 2.75) is 39.5 Å². The molecule has 0 fully saturated rings. The Morgan fingerprint density at radius 3 is 1.56 bits per heavy atom. The van der Waals surface area contributed by atoms with E-state index in [-0.39, 0.29) is 0 Å². The smallest absolute Gasteiger partial charge is 0.0113 e. The van der Waals surface area contributed by atoms with Gasteiger partial charge in [-0.2, -0.15) is 23.5 Å². The van der Waals surface area contributed by atoms with E-state index >= 15 is 0 Å². The van der Waals surface area contributed by atoms with E-state index in [2.05, 4.69) is 38.8 Å². The number of hydrogen-bond donors (Lipinski definition) is 0. The van der Waals surface area contributed by atoms with Gasteiger partial charge >= 0.3 is 0 Å². The molecule has 0 radical (unpaired) electrons. The first kappa shape index (κ1) is 18.5. The van der Waals surface area contributed by atoms with Crippen LogP contribution in [0.2, 0.25) is 0 Å². The molecular weight excluding hydrogens is 232 g/mol. The first-order valence-corrected chi connectivity index (χ1v) is 8.51. The average molecular weight is 261 g/mol. The summed E-state index contributed by atoms with van der Waals surface area (Å²) in [5.41, 5.74) is 0. The normalized spacial score (nSPS) is 9.12. The fourth-order valence-electron chi connectivity index (χ4n) is 0.830. The van der Waals surface area contributed by atoms with Gasteiger partial charge in [-0.1, -0.05) is 38.8 Å². The molecule has 0 spiro atoms. The molecular formula is C14H28S2. The molecule has 0 aliphatic rings. The van der Waals surface area contributed by atoms with Crippen molar-refractivity contribution in [3.8, 4) is 0 Å². The first-order valence-electron chi connectivity index (χ1n) is 6.20. The Morgan fingerprint density at radius 2 is 1.25 bits per heavy atom. The minimum atomic E-state index is 1.03. The van der Waals surface area contributed by atoms with E-state index in [1.807, 2.05) is 23.9 Å². The van der Waals surface area contributed by atoms with Crippen LogP contribution in [-0.2, 0) is 0 Å². The molecule has 0 bridgehead atoms. The van der Waals surface area contributed by atoms with Gasteiger partial charge in [-0.15, -0.1) is 13.2 Å². The molecule has 0 amide bonds. The van der Waals surface area contributed by atoms with E-state index in [4.69, 9.17) is 0 Å². The fourth-order valence-corrected chi connectivity index (χ4v) is 2.49. The predicted molar refractivity (Wildman–Crippen MR) is 84.9 cm³/mol. The van der Waals surface area contributed by atoms with Gasteiger partial charge in [0.1, 0.15) is 0 Å². The highest BCUT2D eigenvalue weighted by Crippen LogP contribution is 2.06. The van der Waals surface area contributed by atoms with E-state index < -0.39 is 0 Å². The number of hydrogen-bond acceptors (Lipinski definition) is 2. The Morgan fingerprint density at radius 1 is 0.812 bits per heavy atom. The van der Waals surface area contributed by atoms with Crippen molar-refractivity contribution < 1.29 is 0 Å². The molecule has 0 aromatic carbocycles. The van der Waals surface area contributed by atoms with Crippen LogP contribution in [0.5, 0.6) is 0 Å². The van der Waals surface area contributed by atoms with E-state index in [1.165, 1.54) is 37.2 Å². The summed E-state index contributed by atoms with van der Waals surface area (Å²) in [5.74, 6) is 4.81. The van der Waals surface area contributed by atoms with Gasteiger partial charge < -0.3 is 0 Å². The molecule has 0 saturated heterocycles. The zero-order chi connectivity index (χ0) is 12.5. The van der Waals surface area contributed by atoms with Gasteiger partial charge in [0.05, 0.1) is 0 Å². The molecule has 0 atom stereocenters. The average Bonchev–Trinajstić information content (AvgIpc) is 2.31. The molecule has 0 saturated carbocycles. The third kappa shape index (κ3) is 23.8. The highest BCUT2D eigenvalue weighted by Gasteiger charge is 1.85. The highest BCUT2D eigenvalue weighted by atomic mass is 32.2. The summed E-state index contributed by atoms with van der Waals surface area (Å²) in [6, 6.07) is 0. The summed E-state index contributed by atoms with van der Waals surface area (Å²) in [4.78, 5) is 0. The molecule has 16 heavy (non-hydrogen) atoms. The van der Waals surface area contributed by atoms with Crippen LogP contribution < -0.4 is 0 Å². The van der Waals surface area contributed by atoms with E-state index in [0.717, 1.165) is 11.5 Å². The Bertz CT molecular complexity index is 119. The van der Waals surface area contributed by atoms with Gasteiger partial charge in [-0.25, -0.2) is 0 Å². The van der Waals surface area contributed by atoms with Crippen LogP contribution in [0.25, 0.3) is 0 Å². The lowest BCUT2D eigenvalue weighted by Crippen LogP contribution is -1.81. The second-order valence-electron chi connectivity index (χ2n) is 3.43. The summed E-state index contributed by atoms with van der Waals surface area (Å²) in [6.45, 7) is 11.7. The SMILES string of the molecule is C=CCSCC=C.CCCCSCCCC. The maximum absolute atomic E-state index is 3.58. The van der Waals surface area contributed by atoms with Crippen molar-refractivity contribution in [2.24, 2.45) is 0 Å². The monoisotopic (exact) mass is 260 g/mol. The van der Waals surface area contributed by atoms with Crippen molar-refractivity contribution >= 4 is 23.5 Å². The number of rotatable bonds is 10. The molecule has 0 nitrogen and oxygen atoms in total. The molecule has 0 aliphatic heterocycles. The quantitative estimate of drug-likeness (QED) is 0.380. The van der Waals surface area contributed by atoms with Gasteiger partial charge in [-0.3, -0.25) is 0 Å². The van der Waals surface area contributed by atoms with Crippen molar-refractivity contribution in [3.63, 3.8) is 0 Å². The van der Waals surface area contributed by atoms with Crippen molar-refractivity contribution in [1.29, 1.82) is 0 Å². The van der Waals surface area contributed by atoms with E-state index in [1.54, 1.807) is 0 Å². The zero-order valence-corrected chi connectivity index (χ0v) is 12.7. The van der Waals surface area contributed by atoms with E-state index in [0.29, 0.717) is 0 Å². The molecule has 0 heterocycles. The van der Waals surface area contributed by atoms with Gasteiger partial charge in [0.25, 0.3) is 0 Å². The lowest BCUT2D eigenvalue weighted by molar-refractivity contribution is 0.879. The third-order valence-electron chi connectivity index (χ3n) is 1.76. The molecule has 0 unspecified atom stereocenters. The number of unbranched alkanes of at least 4 members (excludes halogenated alkanes) is 2. The Balaban J connectivity index is 0. The topological polar surface area (TPSA) is 0 Å². The molecule has 0 aliphatic carbocycles. The molecule has 0 aromatic rings. The zero-order valence-electron chi connectivity index (χ0n) is 11.0. The van der Waals surface area contributed by atoms with Crippen LogP contribution in [0.15, 0.2) is 25.3 Å². The minimum absolute atomic E-state index is 1.03. The lowest BCUT2D eigenvalue weighted by atomic mass is 10.4. The van der Waals surface area contributed by atoms with Crippen molar-refractivity contribution in [3.05, 3.63) is 25.3 Å². The maximum atomic E-state index is 3.58. The van der Waals surface area contributed by atoms with Crippen LogP contribution in [0.1, 0.15) is 39.5 Å². The minimum Gasteiger partial charge on any atom is -0.162 e. The Kier molecular flexibility index (Phi) is 23.8. The lowest BCUT2D eigenvalue weighted by Gasteiger charge is -1.96. The largest absolute Gasteiger partial charge is 0.162 e. The Hall–Kier alpha value is 0.180. The summed E-state index contributed by atoms with van der Waals surface area (Å²) in [7, 11) is 0.